The summed E-state index contributed by atoms with van der Waals surface area (Å²) in [6, 6.07) is 0. The van der Waals surface area contributed by atoms with Gasteiger partial charge in [-0.15, -0.1) is 0 Å². The second kappa shape index (κ2) is 75.5. The third-order valence-corrected chi connectivity index (χ3v) is 22.3. The van der Waals surface area contributed by atoms with Gasteiger partial charge in [-0.3, -0.25) is 37.3 Å². The fourth-order valence-corrected chi connectivity index (χ4v) is 14.6. The molecular weight excluding hydrogens is 1340 g/mol. The fraction of sp³-hybridized carbons (Fsp3) is 0.952. The maximum absolute atomic E-state index is 13.1. The van der Waals surface area contributed by atoms with Crippen molar-refractivity contribution in [3.05, 3.63) is 0 Å². The topological polar surface area (TPSA) is 237 Å². The fourth-order valence-electron chi connectivity index (χ4n) is 13.0. The standard InChI is InChI=1S/C84H164O17P2/c1-7-11-13-15-17-19-21-23-28-32-36-43-49-55-61-67-82(87)95-72-79(100-83(88)68-62-56-50-44-37-33-30-27-25-24-26-29-31-34-40-46-52-58-64-76(5)9-3)74-98-102(90,91)96-70-78(85)71-97-103(92,93)99-75-80(73-94-81(86)66-60-54-48-42-35-22-20-18-16-14-12-8-2)101-84(89)69-63-57-51-45-39-38-41-47-53-59-65-77(6)10-4/h76-80,85H,7-75H2,1-6H3,(H,90,91)(H,92,93)/t76?,77?,78-,79-,80-/m1/s1. The molecule has 0 bridgehead atoms. The summed E-state index contributed by atoms with van der Waals surface area (Å²) >= 11 is 0. The molecule has 0 aromatic carbocycles. The van der Waals surface area contributed by atoms with Crippen molar-refractivity contribution in [3.8, 4) is 0 Å². The Labute approximate surface area is 632 Å². The number of hydrogen-bond donors (Lipinski definition) is 3. The molecule has 0 amide bonds. The second-order valence-corrected chi connectivity index (χ2v) is 33.6. The highest BCUT2D eigenvalue weighted by Gasteiger charge is 2.30. The van der Waals surface area contributed by atoms with Crippen molar-refractivity contribution in [2.45, 2.75) is 464 Å². The summed E-state index contributed by atoms with van der Waals surface area (Å²) in [5.74, 6) is -0.429. The number of esters is 4. The van der Waals surface area contributed by atoms with Crippen LogP contribution in [0.25, 0.3) is 0 Å². The molecule has 0 aliphatic carbocycles. The van der Waals surface area contributed by atoms with E-state index in [4.69, 9.17) is 37.0 Å². The molecule has 0 aliphatic heterocycles. The van der Waals surface area contributed by atoms with E-state index in [1.54, 1.807) is 0 Å². The predicted molar refractivity (Wildman–Crippen MR) is 423 cm³/mol. The Hall–Kier alpha value is -1.94. The van der Waals surface area contributed by atoms with Gasteiger partial charge >= 0.3 is 39.5 Å². The van der Waals surface area contributed by atoms with Crippen LogP contribution in [0.15, 0.2) is 0 Å². The number of unbranched alkanes of at least 4 members (excludes halogenated alkanes) is 51. The van der Waals surface area contributed by atoms with Gasteiger partial charge in [0.05, 0.1) is 26.4 Å². The Morgan fingerprint density at radius 3 is 0.689 bits per heavy atom. The number of ether oxygens (including phenoxy) is 4. The predicted octanol–water partition coefficient (Wildman–Crippen LogP) is 25.5. The van der Waals surface area contributed by atoms with Crippen molar-refractivity contribution >= 4 is 39.5 Å². The van der Waals surface area contributed by atoms with Gasteiger partial charge in [-0.1, -0.05) is 395 Å². The van der Waals surface area contributed by atoms with Gasteiger partial charge in [0.15, 0.2) is 12.2 Å². The lowest BCUT2D eigenvalue weighted by molar-refractivity contribution is -0.161. The summed E-state index contributed by atoms with van der Waals surface area (Å²) < 4.78 is 68.8. The zero-order chi connectivity index (χ0) is 75.6. The molecule has 0 aromatic heterocycles. The highest BCUT2D eigenvalue weighted by Crippen LogP contribution is 2.45. The summed E-state index contributed by atoms with van der Waals surface area (Å²) in [7, 11) is -9.92. The van der Waals surface area contributed by atoms with E-state index in [1.807, 2.05) is 0 Å². The van der Waals surface area contributed by atoms with Gasteiger partial charge < -0.3 is 33.8 Å². The first-order valence-corrected chi connectivity index (χ1v) is 46.6. The molecule has 0 aromatic rings. The Morgan fingerprint density at radius 2 is 0.466 bits per heavy atom. The highest BCUT2D eigenvalue weighted by atomic mass is 31.2. The van der Waals surface area contributed by atoms with Gasteiger partial charge in [0.1, 0.15) is 19.3 Å². The molecular formula is C84H164O17P2. The number of phosphoric ester groups is 2. The lowest BCUT2D eigenvalue weighted by Crippen LogP contribution is -2.30. The molecule has 612 valence electrons. The van der Waals surface area contributed by atoms with E-state index in [-0.39, 0.29) is 25.7 Å². The Kier molecular flexibility index (Phi) is 74.1. The third-order valence-electron chi connectivity index (χ3n) is 20.4. The number of rotatable bonds is 83. The van der Waals surface area contributed by atoms with Crippen LogP contribution in [-0.4, -0.2) is 96.7 Å². The van der Waals surface area contributed by atoms with Crippen LogP contribution in [0, 0.1) is 11.8 Å². The van der Waals surface area contributed by atoms with Crippen LogP contribution in [0.5, 0.6) is 0 Å². The van der Waals surface area contributed by atoms with E-state index < -0.39 is 97.5 Å². The van der Waals surface area contributed by atoms with Gasteiger partial charge in [-0.25, -0.2) is 9.13 Å². The molecule has 103 heavy (non-hydrogen) atoms. The van der Waals surface area contributed by atoms with E-state index in [0.29, 0.717) is 25.7 Å². The third kappa shape index (κ3) is 75.3. The van der Waals surface area contributed by atoms with Crippen LogP contribution < -0.4 is 0 Å². The van der Waals surface area contributed by atoms with Crippen LogP contribution in [0.3, 0.4) is 0 Å². The SMILES string of the molecule is CCCCCCCCCCCCCCCCCC(=O)OC[C@H](COP(=O)(O)OC[C@@H](O)COP(=O)(O)OC[C@@H](COC(=O)CCCCCCCCCCCCCC)OC(=O)CCCCCCCCCCCCC(C)CC)OC(=O)CCCCCCCCCCCCCCCCCCCCC(C)CC. The van der Waals surface area contributed by atoms with E-state index in [0.717, 1.165) is 102 Å². The normalized spacial score (nSPS) is 14.4. The van der Waals surface area contributed by atoms with E-state index >= 15 is 0 Å². The maximum atomic E-state index is 13.1. The number of phosphoric acid groups is 2. The van der Waals surface area contributed by atoms with Gasteiger partial charge in [0, 0.05) is 25.7 Å². The molecule has 0 rings (SSSR count). The molecule has 0 saturated heterocycles. The van der Waals surface area contributed by atoms with Crippen molar-refractivity contribution in [3.63, 3.8) is 0 Å². The van der Waals surface area contributed by atoms with Crippen LogP contribution in [0.4, 0.5) is 0 Å². The van der Waals surface area contributed by atoms with E-state index in [1.165, 1.54) is 263 Å². The van der Waals surface area contributed by atoms with E-state index in [9.17, 15) is 43.2 Å². The first-order chi connectivity index (χ1) is 49.9. The number of aliphatic hydroxyl groups is 1. The summed E-state index contributed by atoms with van der Waals surface area (Å²) in [6.07, 6.45) is 66.4. The molecule has 0 spiro atoms. The Bertz CT molecular complexity index is 1980. The molecule has 0 heterocycles. The lowest BCUT2D eigenvalue weighted by Gasteiger charge is -2.21. The average molecular weight is 1510 g/mol. The minimum Gasteiger partial charge on any atom is -0.462 e. The summed E-state index contributed by atoms with van der Waals surface area (Å²) in [5, 5.41) is 10.7. The molecule has 17 nitrogen and oxygen atoms in total. The monoisotopic (exact) mass is 1510 g/mol. The quantitative estimate of drug-likeness (QED) is 0.0222. The number of carbonyl (C=O) groups excluding carboxylic acids is 4. The van der Waals surface area contributed by atoms with Crippen LogP contribution >= 0.6 is 15.6 Å². The van der Waals surface area contributed by atoms with Gasteiger partial charge in [-0.05, 0) is 37.5 Å². The van der Waals surface area contributed by atoms with Crippen molar-refractivity contribution < 1.29 is 80.2 Å². The zero-order valence-corrected chi connectivity index (χ0v) is 69.4. The zero-order valence-electron chi connectivity index (χ0n) is 67.6. The smallest absolute Gasteiger partial charge is 0.462 e. The first kappa shape index (κ1) is 101. The van der Waals surface area contributed by atoms with Gasteiger partial charge in [0.25, 0.3) is 0 Å². The molecule has 0 radical (unpaired) electrons. The minimum atomic E-state index is -4.96. The number of hydrogen-bond acceptors (Lipinski definition) is 15. The van der Waals surface area contributed by atoms with Gasteiger partial charge in [-0.2, -0.15) is 0 Å². The molecule has 7 atom stereocenters. The molecule has 3 N–H and O–H groups in total. The highest BCUT2D eigenvalue weighted by molar-refractivity contribution is 7.47. The van der Waals surface area contributed by atoms with Gasteiger partial charge in [0.2, 0.25) is 0 Å². The van der Waals surface area contributed by atoms with Crippen molar-refractivity contribution in [1.29, 1.82) is 0 Å². The maximum Gasteiger partial charge on any atom is 0.472 e. The van der Waals surface area contributed by atoms with Crippen molar-refractivity contribution in [2.75, 3.05) is 39.6 Å². The Balaban J connectivity index is 5.24. The second-order valence-electron chi connectivity index (χ2n) is 30.7. The van der Waals surface area contributed by atoms with Crippen LogP contribution in [0.1, 0.15) is 446 Å². The first-order valence-electron chi connectivity index (χ1n) is 43.6. The lowest BCUT2D eigenvalue weighted by atomic mass is 9.99. The molecule has 19 heteroatoms. The van der Waals surface area contributed by atoms with Crippen molar-refractivity contribution in [1.82, 2.24) is 0 Å². The molecule has 0 fully saturated rings. The summed E-state index contributed by atoms with van der Waals surface area (Å²) in [4.78, 5) is 73.2. The van der Waals surface area contributed by atoms with E-state index in [2.05, 4.69) is 41.5 Å². The number of carbonyl (C=O) groups is 4. The van der Waals surface area contributed by atoms with Crippen LogP contribution in [0.2, 0.25) is 0 Å². The summed E-state index contributed by atoms with van der Waals surface area (Å²) in [6.45, 7) is 9.75. The largest absolute Gasteiger partial charge is 0.472 e. The van der Waals surface area contributed by atoms with Crippen LogP contribution in [-0.2, 0) is 65.4 Å². The molecule has 0 aliphatic rings. The molecule has 0 saturated carbocycles. The number of aliphatic hydroxyl groups excluding tert-OH is 1. The Morgan fingerprint density at radius 1 is 0.272 bits per heavy atom. The van der Waals surface area contributed by atoms with Crippen molar-refractivity contribution in [2.24, 2.45) is 11.8 Å². The summed E-state index contributed by atoms with van der Waals surface area (Å²) in [5.41, 5.74) is 0. The molecule has 4 unspecified atom stereocenters. The minimum absolute atomic E-state index is 0.107. The average Bonchev–Trinajstić information content (AvgIpc) is 1.10.